The Balaban J connectivity index is 1.46. The molecule has 1 spiro atoms. The number of piperidine rings is 1. The average Bonchev–Trinajstić information content (AvgIpc) is 3.24. The van der Waals surface area contributed by atoms with Crippen molar-refractivity contribution in [2.45, 2.75) is 37.1 Å². The molecule has 0 bridgehead atoms. The highest BCUT2D eigenvalue weighted by Gasteiger charge is 2.44. The number of rotatable bonds is 2. The fraction of sp³-hybridized carbons (Fsp3) is 0.304. The highest BCUT2D eigenvalue weighted by Crippen LogP contribution is 2.45. The summed E-state index contributed by atoms with van der Waals surface area (Å²) in [5, 5.41) is 3.55. The Morgan fingerprint density at radius 3 is 2.55 bits per heavy atom. The van der Waals surface area contributed by atoms with Crippen molar-refractivity contribution in [2.75, 3.05) is 18.4 Å². The summed E-state index contributed by atoms with van der Waals surface area (Å²) in [6.07, 6.45) is 3.32. The molecule has 2 aromatic carbocycles. The normalized spacial score (nSPS) is 17.8. The van der Waals surface area contributed by atoms with E-state index in [1.165, 1.54) is 27.6 Å². The number of anilines is 1. The quantitative estimate of drug-likeness (QED) is 0.587. The summed E-state index contributed by atoms with van der Waals surface area (Å²) in [6, 6.07) is 11.9. The second-order valence-corrected chi connectivity index (χ2v) is 10.7. The van der Waals surface area contributed by atoms with Crippen LogP contribution in [0.15, 0.2) is 53.6 Å². The summed E-state index contributed by atoms with van der Waals surface area (Å²) in [5.74, 6) is -0.630. The fourth-order valence-corrected chi connectivity index (χ4v) is 6.49. The zero-order valence-corrected chi connectivity index (χ0v) is 18.9. The molecule has 1 saturated heterocycles. The third-order valence-corrected chi connectivity index (χ3v) is 8.84. The Bertz CT molecular complexity index is 1290. The van der Waals surface area contributed by atoms with Gasteiger partial charge in [-0.15, -0.1) is 0 Å². The topological polar surface area (TPSA) is 54.3 Å². The number of fused-ring (bicyclic) bond motifs is 4. The van der Waals surface area contributed by atoms with Gasteiger partial charge in [0.15, 0.2) is 0 Å². The van der Waals surface area contributed by atoms with E-state index in [-0.39, 0.29) is 15.5 Å². The van der Waals surface area contributed by atoms with Crippen LogP contribution in [-0.4, -0.2) is 30.4 Å². The summed E-state index contributed by atoms with van der Waals surface area (Å²) < 4.78 is 43.4. The molecule has 3 heterocycles. The van der Waals surface area contributed by atoms with Gasteiger partial charge in [0.2, 0.25) is 10.0 Å². The minimum absolute atomic E-state index is 0.0197. The molecule has 0 unspecified atom stereocenters. The van der Waals surface area contributed by atoms with E-state index in [2.05, 4.69) is 48.1 Å². The van der Waals surface area contributed by atoms with Crippen molar-refractivity contribution in [3.05, 3.63) is 76.3 Å². The van der Waals surface area contributed by atoms with Crippen LogP contribution in [0, 0.1) is 19.7 Å². The van der Waals surface area contributed by atoms with Crippen molar-refractivity contribution in [1.29, 1.82) is 0 Å². The van der Waals surface area contributed by atoms with Gasteiger partial charge in [0, 0.05) is 25.0 Å². The van der Waals surface area contributed by atoms with E-state index in [1.54, 1.807) is 0 Å². The Hall–Kier alpha value is -2.35. The summed E-state index contributed by atoms with van der Waals surface area (Å²) in [5.41, 5.74) is 5.48. The molecule has 0 radical (unpaired) electrons. The van der Waals surface area contributed by atoms with Crippen molar-refractivity contribution in [2.24, 2.45) is 0 Å². The number of benzene rings is 2. The first-order chi connectivity index (χ1) is 14.7. The summed E-state index contributed by atoms with van der Waals surface area (Å²) >= 11 is 5.82. The van der Waals surface area contributed by atoms with Crippen LogP contribution in [0.5, 0.6) is 0 Å². The Labute approximate surface area is 186 Å². The number of sulfonamides is 1. The van der Waals surface area contributed by atoms with Gasteiger partial charge in [-0.25, -0.2) is 12.8 Å². The molecule has 5 nitrogen and oxygen atoms in total. The highest BCUT2D eigenvalue weighted by atomic mass is 35.5. The zero-order chi connectivity index (χ0) is 22.0. The summed E-state index contributed by atoms with van der Waals surface area (Å²) in [7, 11) is -3.75. The summed E-state index contributed by atoms with van der Waals surface area (Å²) in [6.45, 7) is 4.94. The monoisotopic (exact) mass is 459 g/mol. The van der Waals surface area contributed by atoms with E-state index >= 15 is 0 Å². The van der Waals surface area contributed by atoms with Crippen molar-refractivity contribution in [3.63, 3.8) is 0 Å². The lowest BCUT2D eigenvalue weighted by Gasteiger charge is -2.46. The minimum atomic E-state index is -3.75. The van der Waals surface area contributed by atoms with Crippen LogP contribution in [0.3, 0.4) is 0 Å². The van der Waals surface area contributed by atoms with Crippen LogP contribution in [0.1, 0.15) is 29.7 Å². The van der Waals surface area contributed by atoms with Gasteiger partial charge in [-0.1, -0.05) is 17.7 Å². The number of hydrogen-bond donors (Lipinski definition) is 1. The van der Waals surface area contributed by atoms with Gasteiger partial charge in [-0.05, 0) is 74.2 Å². The lowest BCUT2D eigenvalue weighted by molar-refractivity contribution is 0.247. The predicted molar refractivity (Wildman–Crippen MR) is 120 cm³/mol. The molecule has 8 heteroatoms. The second-order valence-electron chi connectivity index (χ2n) is 8.35. The van der Waals surface area contributed by atoms with Gasteiger partial charge in [-0.2, -0.15) is 4.31 Å². The number of hydrogen-bond acceptors (Lipinski definition) is 3. The van der Waals surface area contributed by atoms with Crippen LogP contribution in [0.4, 0.5) is 10.1 Å². The van der Waals surface area contributed by atoms with E-state index in [0.29, 0.717) is 25.9 Å². The third-order valence-electron chi connectivity index (χ3n) is 6.66. The van der Waals surface area contributed by atoms with E-state index in [9.17, 15) is 12.8 Å². The number of aryl methyl sites for hydroxylation is 1. The molecule has 2 aliphatic rings. The lowest BCUT2D eigenvalue weighted by atomic mass is 9.82. The molecule has 0 aliphatic carbocycles. The van der Waals surface area contributed by atoms with Gasteiger partial charge in [-0.3, -0.25) is 0 Å². The molecule has 2 aliphatic heterocycles. The standard InChI is InChI=1S/C23H23ClFN3O2S/c1-15-5-8-20-22(16(15)2)28-11-3-4-21(28)23(26-20)9-12-27(13-10-23)31(29,30)17-6-7-19(25)18(24)14-17/h3-8,11,14,26H,9-10,12-13H2,1-2H3. The van der Waals surface area contributed by atoms with Crippen LogP contribution in [0.2, 0.25) is 5.02 Å². The van der Waals surface area contributed by atoms with Gasteiger partial charge in [0.1, 0.15) is 5.82 Å². The largest absolute Gasteiger partial charge is 0.372 e. The van der Waals surface area contributed by atoms with Gasteiger partial charge in [0.25, 0.3) is 0 Å². The number of nitrogens with one attached hydrogen (secondary N) is 1. The number of halogens is 2. The maximum Gasteiger partial charge on any atom is 0.243 e. The van der Waals surface area contributed by atoms with Crippen LogP contribution in [-0.2, 0) is 15.6 Å². The highest BCUT2D eigenvalue weighted by molar-refractivity contribution is 7.89. The van der Waals surface area contributed by atoms with E-state index < -0.39 is 15.8 Å². The molecular weight excluding hydrogens is 437 g/mol. The second kappa shape index (κ2) is 7.08. The zero-order valence-electron chi connectivity index (χ0n) is 17.3. The minimum Gasteiger partial charge on any atom is -0.372 e. The summed E-state index contributed by atoms with van der Waals surface area (Å²) in [4.78, 5) is 0.0197. The molecule has 1 aromatic heterocycles. The average molecular weight is 460 g/mol. The van der Waals surface area contributed by atoms with Crippen LogP contribution in [0.25, 0.3) is 5.69 Å². The van der Waals surface area contributed by atoms with Gasteiger partial charge in [0.05, 0.1) is 26.8 Å². The third kappa shape index (κ3) is 3.10. The first-order valence-corrected chi connectivity index (χ1v) is 12.1. The Kier molecular flexibility index (Phi) is 4.70. The molecular formula is C23H23ClFN3O2S. The fourth-order valence-electron chi connectivity index (χ4n) is 4.78. The number of nitrogens with zero attached hydrogens (tertiary/aromatic N) is 2. The Morgan fingerprint density at radius 2 is 1.84 bits per heavy atom. The molecule has 162 valence electrons. The molecule has 0 amide bonds. The van der Waals surface area contributed by atoms with E-state index in [4.69, 9.17) is 11.6 Å². The van der Waals surface area contributed by atoms with E-state index in [1.807, 2.05) is 6.07 Å². The molecule has 1 N–H and O–H groups in total. The predicted octanol–water partition coefficient (Wildman–Crippen LogP) is 4.99. The molecule has 1 fully saturated rings. The maximum atomic E-state index is 13.5. The maximum absolute atomic E-state index is 13.5. The van der Waals surface area contributed by atoms with Gasteiger partial charge < -0.3 is 9.88 Å². The van der Waals surface area contributed by atoms with Crippen molar-refractivity contribution in [1.82, 2.24) is 8.87 Å². The van der Waals surface area contributed by atoms with Crippen LogP contribution < -0.4 is 5.32 Å². The molecule has 0 saturated carbocycles. The molecule has 5 rings (SSSR count). The first kappa shape index (κ1) is 20.5. The SMILES string of the molecule is Cc1ccc2c(c1C)-n1cccc1C1(CCN(S(=O)(=O)c3ccc(F)c(Cl)c3)CC1)N2. The van der Waals surface area contributed by atoms with Crippen molar-refractivity contribution < 1.29 is 12.8 Å². The van der Waals surface area contributed by atoms with Crippen molar-refractivity contribution in [3.8, 4) is 5.69 Å². The lowest BCUT2D eigenvalue weighted by Crippen LogP contribution is -2.51. The van der Waals surface area contributed by atoms with Crippen molar-refractivity contribution >= 4 is 27.3 Å². The smallest absolute Gasteiger partial charge is 0.243 e. The molecule has 31 heavy (non-hydrogen) atoms. The Morgan fingerprint density at radius 1 is 1.10 bits per heavy atom. The first-order valence-electron chi connectivity index (χ1n) is 10.2. The molecule has 3 aromatic rings. The van der Waals surface area contributed by atoms with Crippen LogP contribution >= 0.6 is 11.6 Å². The number of aromatic nitrogens is 1. The van der Waals surface area contributed by atoms with Gasteiger partial charge >= 0.3 is 0 Å². The van der Waals surface area contributed by atoms with E-state index in [0.717, 1.165) is 23.1 Å². The molecule has 0 atom stereocenters.